The molecule has 4 nitrogen and oxygen atoms in total. The van der Waals surface area contributed by atoms with Crippen molar-refractivity contribution in [1.29, 1.82) is 0 Å². The highest BCUT2D eigenvalue weighted by atomic mass is 35.5. The number of ether oxygens (including phenoxy) is 1. The fourth-order valence-electron chi connectivity index (χ4n) is 1.88. The first-order valence-electron chi connectivity index (χ1n) is 6.97. The largest absolute Gasteiger partial charge is 0.493 e. The second-order valence-electron chi connectivity index (χ2n) is 4.57. The number of hydrogen-bond acceptors (Lipinski definition) is 3. The molecule has 0 spiro atoms. The molecule has 0 atom stereocenters. The number of carbonyl (C=O) groups excluding carboxylic acids is 1. The summed E-state index contributed by atoms with van der Waals surface area (Å²) in [6.45, 7) is 2.50. The number of hydrazone groups is 1. The summed E-state index contributed by atoms with van der Waals surface area (Å²) in [5.74, 6) is 0.549. The first kappa shape index (κ1) is 16.0. The van der Waals surface area contributed by atoms with Gasteiger partial charge in [0.1, 0.15) is 5.75 Å². The Bertz CT molecular complexity index is 654. The number of para-hydroxylation sites is 1. The zero-order chi connectivity index (χ0) is 15.8. The summed E-state index contributed by atoms with van der Waals surface area (Å²) >= 11 is 5.80. The normalized spacial score (nSPS) is 10.6. The Labute approximate surface area is 134 Å². The van der Waals surface area contributed by atoms with E-state index in [9.17, 15) is 4.79 Å². The van der Waals surface area contributed by atoms with Crippen molar-refractivity contribution in [2.75, 3.05) is 6.61 Å². The lowest BCUT2D eigenvalue weighted by Crippen LogP contribution is -2.19. The number of nitrogens with one attached hydrogen (secondary N) is 1. The molecule has 1 amide bonds. The molecule has 0 aromatic heterocycles. The van der Waals surface area contributed by atoms with E-state index >= 15 is 0 Å². The highest BCUT2D eigenvalue weighted by Crippen LogP contribution is 2.15. The second kappa shape index (κ2) is 8.20. The quantitative estimate of drug-likeness (QED) is 0.655. The van der Waals surface area contributed by atoms with Crippen LogP contribution in [0.25, 0.3) is 0 Å². The van der Waals surface area contributed by atoms with Gasteiger partial charge in [-0.15, -0.1) is 0 Å². The van der Waals surface area contributed by atoms with E-state index in [0.717, 1.165) is 16.9 Å². The van der Waals surface area contributed by atoms with Crippen molar-refractivity contribution < 1.29 is 9.53 Å². The molecule has 0 aliphatic carbocycles. The molecule has 2 rings (SSSR count). The van der Waals surface area contributed by atoms with E-state index in [1.165, 1.54) is 0 Å². The van der Waals surface area contributed by atoms with Crippen molar-refractivity contribution in [1.82, 2.24) is 5.43 Å². The average Bonchev–Trinajstić information content (AvgIpc) is 2.51. The Hall–Kier alpha value is -2.33. The zero-order valence-electron chi connectivity index (χ0n) is 12.3. The van der Waals surface area contributed by atoms with Crippen molar-refractivity contribution in [3.8, 4) is 5.75 Å². The van der Waals surface area contributed by atoms with E-state index in [2.05, 4.69) is 10.5 Å². The van der Waals surface area contributed by atoms with Crippen LogP contribution in [0.1, 0.15) is 18.1 Å². The lowest BCUT2D eigenvalue weighted by atomic mass is 10.1. The third-order valence-electron chi connectivity index (χ3n) is 2.89. The number of amides is 1. The molecule has 0 aliphatic rings. The van der Waals surface area contributed by atoms with E-state index in [0.29, 0.717) is 11.6 Å². The summed E-state index contributed by atoms with van der Waals surface area (Å²) in [6, 6.07) is 14.7. The maximum absolute atomic E-state index is 11.8. The molecule has 2 aromatic rings. The smallest absolute Gasteiger partial charge is 0.244 e. The maximum atomic E-state index is 11.8. The van der Waals surface area contributed by atoms with Crippen molar-refractivity contribution in [3.63, 3.8) is 0 Å². The van der Waals surface area contributed by atoms with Crippen LogP contribution in [0.4, 0.5) is 0 Å². The fourth-order valence-corrected chi connectivity index (χ4v) is 2.00. The van der Waals surface area contributed by atoms with Crippen molar-refractivity contribution in [2.45, 2.75) is 13.3 Å². The van der Waals surface area contributed by atoms with Gasteiger partial charge in [0.05, 0.1) is 19.2 Å². The summed E-state index contributed by atoms with van der Waals surface area (Å²) in [6.07, 6.45) is 1.83. The SMILES string of the molecule is CCOc1ccccc1/C=N/NC(=O)Cc1ccc(Cl)cc1. The van der Waals surface area contributed by atoms with Crippen LogP contribution in [0, 0.1) is 0 Å². The van der Waals surface area contributed by atoms with Crippen LogP contribution in [0.3, 0.4) is 0 Å². The number of halogens is 1. The first-order chi connectivity index (χ1) is 10.7. The van der Waals surface area contributed by atoms with Crippen LogP contribution >= 0.6 is 11.6 Å². The number of hydrogen-bond donors (Lipinski definition) is 1. The number of rotatable bonds is 6. The van der Waals surface area contributed by atoms with Crippen LogP contribution in [-0.2, 0) is 11.2 Å². The van der Waals surface area contributed by atoms with Gasteiger partial charge in [-0.25, -0.2) is 5.43 Å². The first-order valence-corrected chi connectivity index (χ1v) is 7.35. The lowest BCUT2D eigenvalue weighted by molar-refractivity contribution is -0.120. The molecule has 0 bridgehead atoms. The van der Waals surface area contributed by atoms with Crippen LogP contribution in [0.15, 0.2) is 53.6 Å². The highest BCUT2D eigenvalue weighted by molar-refractivity contribution is 6.30. The molecule has 114 valence electrons. The van der Waals surface area contributed by atoms with Crippen molar-refractivity contribution in [3.05, 3.63) is 64.7 Å². The number of benzene rings is 2. The van der Waals surface area contributed by atoms with Gasteiger partial charge in [-0.2, -0.15) is 5.10 Å². The fraction of sp³-hybridized carbons (Fsp3) is 0.176. The van der Waals surface area contributed by atoms with E-state index in [1.807, 2.05) is 43.3 Å². The summed E-state index contributed by atoms with van der Waals surface area (Å²) in [5, 5.41) is 4.62. The second-order valence-corrected chi connectivity index (χ2v) is 5.00. The Morgan fingerprint density at radius 1 is 1.23 bits per heavy atom. The highest BCUT2D eigenvalue weighted by Gasteiger charge is 2.03. The third kappa shape index (κ3) is 4.90. The molecule has 1 N–H and O–H groups in total. The average molecular weight is 317 g/mol. The van der Waals surface area contributed by atoms with E-state index in [1.54, 1.807) is 18.3 Å². The topological polar surface area (TPSA) is 50.7 Å². The Balaban J connectivity index is 1.92. The molecular weight excluding hydrogens is 300 g/mol. The van der Waals surface area contributed by atoms with Gasteiger partial charge in [-0.05, 0) is 36.8 Å². The number of carbonyl (C=O) groups is 1. The predicted octanol–water partition coefficient (Wildman–Crippen LogP) is 3.43. The van der Waals surface area contributed by atoms with Gasteiger partial charge in [0.25, 0.3) is 0 Å². The zero-order valence-corrected chi connectivity index (χ0v) is 13.0. The third-order valence-corrected chi connectivity index (χ3v) is 3.14. The minimum atomic E-state index is -0.188. The minimum Gasteiger partial charge on any atom is -0.493 e. The summed E-state index contributed by atoms with van der Waals surface area (Å²) in [7, 11) is 0. The van der Waals surface area contributed by atoms with Crippen LogP contribution in [-0.4, -0.2) is 18.7 Å². The minimum absolute atomic E-state index is 0.188. The molecule has 0 fully saturated rings. The molecule has 0 aliphatic heterocycles. The van der Waals surface area contributed by atoms with Crippen LogP contribution in [0.5, 0.6) is 5.75 Å². The summed E-state index contributed by atoms with van der Waals surface area (Å²) < 4.78 is 5.48. The van der Waals surface area contributed by atoms with Gasteiger partial charge in [0.2, 0.25) is 5.91 Å². The Morgan fingerprint density at radius 2 is 1.95 bits per heavy atom. The van der Waals surface area contributed by atoms with E-state index < -0.39 is 0 Å². The van der Waals surface area contributed by atoms with Crippen LogP contribution in [0.2, 0.25) is 5.02 Å². The maximum Gasteiger partial charge on any atom is 0.244 e. The molecule has 0 unspecified atom stereocenters. The van der Waals surface area contributed by atoms with Gasteiger partial charge in [0.15, 0.2) is 0 Å². The molecule has 0 heterocycles. The van der Waals surface area contributed by atoms with Gasteiger partial charge in [-0.1, -0.05) is 35.9 Å². The van der Waals surface area contributed by atoms with Gasteiger partial charge < -0.3 is 4.74 Å². The Morgan fingerprint density at radius 3 is 2.68 bits per heavy atom. The van der Waals surface area contributed by atoms with Crippen LogP contribution < -0.4 is 10.2 Å². The molecule has 5 heteroatoms. The summed E-state index contributed by atoms with van der Waals surface area (Å²) in [5.41, 5.74) is 4.20. The molecular formula is C17H17ClN2O2. The molecule has 0 saturated carbocycles. The molecule has 22 heavy (non-hydrogen) atoms. The van der Waals surface area contributed by atoms with Crippen molar-refractivity contribution >= 4 is 23.7 Å². The van der Waals surface area contributed by atoms with Gasteiger partial charge in [-0.3, -0.25) is 4.79 Å². The van der Waals surface area contributed by atoms with E-state index in [-0.39, 0.29) is 12.3 Å². The standard InChI is InChI=1S/C17H17ClN2O2/c1-2-22-16-6-4-3-5-14(16)12-19-20-17(21)11-13-7-9-15(18)10-8-13/h3-10,12H,2,11H2,1H3,(H,20,21)/b19-12+. The molecule has 2 aromatic carbocycles. The molecule has 0 radical (unpaired) electrons. The van der Waals surface area contributed by atoms with E-state index in [4.69, 9.17) is 16.3 Å². The molecule has 0 saturated heterocycles. The lowest BCUT2D eigenvalue weighted by Gasteiger charge is -2.06. The van der Waals surface area contributed by atoms with Gasteiger partial charge >= 0.3 is 0 Å². The predicted molar refractivity (Wildman–Crippen MR) is 88.5 cm³/mol. The monoisotopic (exact) mass is 316 g/mol. The Kier molecular flexibility index (Phi) is 5.98. The summed E-state index contributed by atoms with van der Waals surface area (Å²) in [4.78, 5) is 11.8. The number of nitrogens with zero attached hydrogens (tertiary/aromatic N) is 1. The van der Waals surface area contributed by atoms with Gasteiger partial charge in [0, 0.05) is 10.6 Å². The van der Waals surface area contributed by atoms with Crippen molar-refractivity contribution in [2.24, 2.45) is 5.10 Å².